The molecule has 2 rings (SSSR count). The molecule has 1 fully saturated rings. The highest BCUT2D eigenvalue weighted by atomic mass is 32.2. The first kappa shape index (κ1) is 12.6. The molecule has 1 aliphatic rings. The molecule has 1 aliphatic carbocycles. The molecule has 0 N–H and O–H groups in total. The Hall–Kier alpha value is -0.900. The van der Waals surface area contributed by atoms with Crippen molar-refractivity contribution >= 4 is 11.8 Å². The molecule has 1 aromatic heterocycles. The van der Waals surface area contributed by atoms with E-state index in [1.54, 1.807) is 18.0 Å². The summed E-state index contributed by atoms with van der Waals surface area (Å²) in [6.45, 7) is 6.10. The molecular weight excluding hydrogens is 234 g/mol. The van der Waals surface area contributed by atoms with Gasteiger partial charge in [0.15, 0.2) is 5.75 Å². The third kappa shape index (κ3) is 3.80. The van der Waals surface area contributed by atoms with Gasteiger partial charge in [-0.1, -0.05) is 0 Å². The fourth-order valence-electron chi connectivity index (χ4n) is 1.41. The summed E-state index contributed by atoms with van der Waals surface area (Å²) in [5.74, 6) is 1.62. The second kappa shape index (κ2) is 4.77. The van der Waals surface area contributed by atoms with Crippen molar-refractivity contribution < 1.29 is 9.47 Å². The summed E-state index contributed by atoms with van der Waals surface area (Å²) >= 11 is 1.59. The van der Waals surface area contributed by atoms with Crippen molar-refractivity contribution in [3.8, 4) is 11.5 Å². The Bertz CT molecular complexity index is 397. The lowest BCUT2D eigenvalue weighted by atomic mass is 10.2. The first-order valence-corrected chi connectivity index (χ1v) is 7.10. The predicted molar refractivity (Wildman–Crippen MR) is 70.0 cm³/mol. The van der Waals surface area contributed by atoms with E-state index < -0.39 is 0 Å². The summed E-state index contributed by atoms with van der Waals surface area (Å²) in [6, 6.07) is 1.95. The predicted octanol–water partition coefficient (Wildman–Crippen LogP) is 3.52. The van der Waals surface area contributed by atoms with Crippen molar-refractivity contribution in [2.75, 3.05) is 6.26 Å². The Morgan fingerprint density at radius 1 is 1.35 bits per heavy atom. The number of pyridine rings is 1. The number of hydrogen-bond donors (Lipinski definition) is 0. The topological polar surface area (TPSA) is 31.4 Å². The van der Waals surface area contributed by atoms with Crippen LogP contribution in [-0.2, 0) is 0 Å². The number of ether oxygens (including phenoxy) is 2. The van der Waals surface area contributed by atoms with E-state index in [0.717, 1.165) is 29.4 Å². The molecule has 0 spiro atoms. The van der Waals surface area contributed by atoms with E-state index in [-0.39, 0.29) is 5.60 Å². The maximum Gasteiger partial charge on any atom is 0.155 e. The molecule has 1 saturated carbocycles. The fraction of sp³-hybridized carbons (Fsp3) is 0.615. The first-order valence-electron chi connectivity index (χ1n) is 5.87. The molecule has 1 heterocycles. The Labute approximate surface area is 107 Å². The summed E-state index contributed by atoms with van der Waals surface area (Å²) in [5.41, 5.74) is -0.218. The smallest absolute Gasteiger partial charge is 0.155 e. The van der Waals surface area contributed by atoms with E-state index in [9.17, 15) is 0 Å². The van der Waals surface area contributed by atoms with E-state index in [4.69, 9.17) is 9.47 Å². The van der Waals surface area contributed by atoms with Gasteiger partial charge in [-0.3, -0.25) is 0 Å². The molecule has 0 radical (unpaired) electrons. The highest BCUT2D eigenvalue weighted by Crippen LogP contribution is 2.34. The van der Waals surface area contributed by atoms with Gasteiger partial charge < -0.3 is 9.47 Å². The van der Waals surface area contributed by atoms with Gasteiger partial charge in [0.25, 0.3) is 0 Å². The number of hydrogen-bond acceptors (Lipinski definition) is 4. The van der Waals surface area contributed by atoms with Gasteiger partial charge in [0.05, 0.1) is 12.3 Å². The third-order valence-corrected chi connectivity index (χ3v) is 2.92. The average molecular weight is 253 g/mol. The molecule has 0 aliphatic heterocycles. The number of thioether (sulfide) groups is 1. The molecule has 0 saturated heterocycles. The van der Waals surface area contributed by atoms with Gasteiger partial charge in [0.2, 0.25) is 0 Å². The second-order valence-electron chi connectivity index (χ2n) is 5.21. The Balaban J connectivity index is 2.18. The largest absolute Gasteiger partial charge is 0.489 e. The van der Waals surface area contributed by atoms with Crippen LogP contribution >= 0.6 is 11.8 Å². The standard InChI is InChI=1S/C13H19NO2S/c1-13(2,3)16-11-7-10(15-9-5-6-9)8-14-12(11)17-4/h7-9H,5-6H2,1-4H3. The van der Waals surface area contributed by atoms with Crippen molar-refractivity contribution in [3.05, 3.63) is 12.3 Å². The summed E-state index contributed by atoms with van der Waals surface area (Å²) < 4.78 is 11.6. The third-order valence-electron chi connectivity index (χ3n) is 2.23. The maximum absolute atomic E-state index is 5.90. The van der Waals surface area contributed by atoms with E-state index in [1.807, 2.05) is 33.1 Å². The minimum Gasteiger partial charge on any atom is -0.489 e. The second-order valence-corrected chi connectivity index (χ2v) is 6.01. The lowest BCUT2D eigenvalue weighted by Crippen LogP contribution is -2.23. The van der Waals surface area contributed by atoms with Crippen LogP contribution in [0.25, 0.3) is 0 Å². The number of aromatic nitrogens is 1. The number of rotatable bonds is 4. The van der Waals surface area contributed by atoms with Gasteiger partial charge in [-0.05, 0) is 39.9 Å². The van der Waals surface area contributed by atoms with Crippen LogP contribution in [0.2, 0.25) is 0 Å². The molecule has 0 amide bonds. The van der Waals surface area contributed by atoms with Crippen LogP contribution in [0.5, 0.6) is 11.5 Å². The molecule has 0 unspecified atom stereocenters. The van der Waals surface area contributed by atoms with Crippen molar-refractivity contribution in [2.45, 2.75) is 50.3 Å². The van der Waals surface area contributed by atoms with Crippen molar-refractivity contribution in [1.82, 2.24) is 4.98 Å². The zero-order valence-electron chi connectivity index (χ0n) is 10.8. The number of nitrogens with zero attached hydrogens (tertiary/aromatic N) is 1. The van der Waals surface area contributed by atoms with Gasteiger partial charge in [0.1, 0.15) is 16.4 Å². The molecule has 4 heteroatoms. The Kier molecular flexibility index (Phi) is 3.52. The molecule has 1 aromatic rings. The van der Waals surface area contributed by atoms with Crippen LogP contribution < -0.4 is 9.47 Å². The summed E-state index contributed by atoms with van der Waals surface area (Å²) in [5, 5.41) is 0.906. The highest BCUT2D eigenvalue weighted by molar-refractivity contribution is 7.98. The molecular formula is C13H19NO2S. The van der Waals surface area contributed by atoms with E-state index in [1.165, 1.54) is 0 Å². The molecule has 3 nitrogen and oxygen atoms in total. The Morgan fingerprint density at radius 2 is 2.06 bits per heavy atom. The normalized spacial score (nSPS) is 15.8. The summed E-state index contributed by atoms with van der Waals surface area (Å²) in [7, 11) is 0. The van der Waals surface area contributed by atoms with Gasteiger partial charge in [0, 0.05) is 6.07 Å². The minimum atomic E-state index is -0.218. The van der Waals surface area contributed by atoms with Gasteiger partial charge in [-0.15, -0.1) is 11.8 Å². The summed E-state index contributed by atoms with van der Waals surface area (Å²) in [6.07, 6.45) is 6.47. The van der Waals surface area contributed by atoms with Gasteiger partial charge in [-0.25, -0.2) is 4.98 Å². The molecule has 0 aromatic carbocycles. The highest BCUT2D eigenvalue weighted by Gasteiger charge is 2.24. The van der Waals surface area contributed by atoms with Crippen molar-refractivity contribution in [1.29, 1.82) is 0 Å². The lowest BCUT2D eigenvalue weighted by molar-refractivity contribution is 0.125. The van der Waals surface area contributed by atoms with Crippen LogP contribution in [0.4, 0.5) is 0 Å². The van der Waals surface area contributed by atoms with E-state index in [0.29, 0.717) is 6.10 Å². The first-order chi connectivity index (χ1) is 7.98. The monoisotopic (exact) mass is 253 g/mol. The zero-order valence-corrected chi connectivity index (χ0v) is 11.6. The average Bonchev–Trinajstić information content (AvgIpc) is 3.00. The lowest BCUT2D eigenvalue weighted by Gasteiger charge is -2.22. The molecule has 0 atom stereocenters. The molecule has 94 valence electrons. The maximum atomic E-state index is 5.90. The van der Waals surface area contributed by atoms with Gasteiger partial charge >= 0.3 is 0 Å². The molecule has 17 heavy (non-hydrogen) atoms. The van der Waals surface area contributed by atoms with Gasteiger partial charge in [-0.2, -0.15) is 0 Å². The van der Waals surface area contributed by atoms with E-state index in [2.05, 4.69) is 4.98 Å². The van der Waals surface area contributed by atoms with Crippen LogP contribution in [0, 0.1) is 0 Å². The van der Waals surface area contributed by atoms with Crippen LogP contribution in [0.15, 0.2) is 17.3 Å². The van der Waals surface area contributed by atoms with E-state index >= 15 is 0 Å². The minimum absolute atomic E-state index is 0.218. The van der Waals surface area contributed by atoms with Crippen LogP contribution in [0.1, 0.15) is 33.6 Å². The zero-order chi connectivity index (χ0) is 12.5. The van der Waals surface area contributed by atoms with Crippen LogP contribution in [0.3, 0.4) is 0 Å². The van der Waals surface area contributed by atoms with Crippen LogP contribution in [-0.4, -0.2) is 22.9 Å². The van der Waals surface area contributed by atoms with Crippen molar-refractivity contribution in [2.24, 2.45) is 0 Å². The Morgan fingerprint density at radius 3 is 2.59 bits per heavy atom. The SMILES string of the molecule is CSc1ncc(OC2CC2)cc1OC(C)(C)C. The molecule has 0 bridgehead atoms. The summed E-state index contributed by atoms with van der Waals surface area (Å²) in [4.78, 5) is 4.38. The quantitative estimate of drug-likeness (QED) is 0.768. The fourth-order valence-corrected chi connectivity index (χ4v) is 1.87. The van der Waals surface area contributed by atoms with Crippen molar-refractivity contribution in [3.63, 3.8) is 0 Å².